The Morgan fingerprint density at radius 2 is 2.04 bits per heavy atom. The molecule has 0 radical (unpaired) electrons. The van der Waals surface area contributed by atoms with Crippen molar-refractivity contribution in [2.45, 2.75) is 19.9 Å². The Kier molecular flexibility index (Phi) is 3.61. The molecule has 0 unspecified atom stereocenters. The fourth-order valence-electron chi connectivity index (χ4n) is 2.93. The Balaban J connectivity index is 1.41. The Bertz CT molecular complexity index is 914. The van der Waals surface area contributed by atoms with Crippen molar-refractivity contribution in [3.63, 3.8) is 0 Å². The molecular formula is C19H18N2O3. The SMILES string of the molecule is Cc1ccc2c(CC(=O)NCc3ccc4c(c3)OCO4)c[nH]c2c1. The van der Waals surface area contributed by atoms with Gasteiger partial charge in [-0.3, -0.25) is 4.79 Å². The third-order valence-corrected chi connectivity index (χ3v) is 4.20. The zero-order valence-corrected chi connectivity index (χ0v) is 13.4. The summed E-state index contributed by atoms with van der Waals surface area (Å²) in [4.78, 5) is 15.5. The third kappa shape index (κ3) is 2.80. The van der Waals surface area contributed by atoms with E-state index in [0.717, 1.165) is 33.5 Å². The number of carbonyl (C=O) groups excluding carboxylic acids is 1. The summed E-state index contributed by atoms with van der Waals surface area (Å²) in [5, 5.41) is 4.05. The summed E-state index contributed by atoms with van der Waals surface area (Å²) < 4.78 is 10.6. The Morgan fingerprint density at radius 3 is 2.96 bits per heavy atom. The number of carbonyl (C=O) groups is 1. The molecule has 0 spiro atoms. The lowest BCUT2D eigenvalue weighted by atomic mass is 10.1. The largest absolute Gasteiger partial charge is 0.454 e. The molecule has 1 aromatic heterocycles. The zero-order chi connectivity index (χ0) is 16.5. The molecule has 3 aromatic rings. The van der Waals surface area contributed by atoms with E-state index in [9.17, 15) is 4.79 Å². The number of amides is 1. The van der Waals surface area contributed by atoms with E-state index in [1.165, 1.54) is 5.56 Å². The van der Waals surface area contributed by atoms with E-state index in [1.54, 1.807) is 0 Å². The fraction of sp³-hybridized carbons (Fsp3) is 0.211. The highest BCUT2D eigenvalue weighted by Gasteiger charge is 2.14. The summed E-state index contributed by atoms with van der Waals surface area (Å²) in [5.74, 6) is 1.47. The minimum Gasteiger partial charge on any atom is -0.454 e. The van der Waals surface area contributed by atoms with Gasteiger partial charge in [0.05, 0.1) is 6.42 Å². The second-order valence-electron chi connectivity index (χ2n) is 6.00. The average molecular weight is 322 g/mol. The summed E-state index contributed by atoms with van der Waals surface area (Å²) in [5.41, 5.74) is 4.26. The molecule has 2 heterocycles. The lowest BCUT2D eigenvalue weighted by Gasteiger charge is -2.06. The van der Waals surface area contributed by atoms with Gasteiger partial charge in [-0.1, -0.05) is 18.2 Å². The van der Waals surface area contributed by atoms with Crippen LogP contribution in [0.2, 0.25) is 0 Å². The maximum absolute atomic E-state index is 12.2. The van der Waals surface area contributed by atoms with Crippen LogP contribution in [-0.4, -0.2) is 17.7 Å². The van der Waals surface area contributed by atoms with Crippen LogP contribution in [0.1, 0.15) is 16.7 Å². The molecule has 1 aliphatic heterocycles. The third-order valence-electron chi connectivity index (χ3n) is 4.20. The molecule has 2 N–H and O–H groups in total. The van der Waals surface area contributed by atoms with Crippen LogP contribution in [0.15, 0.2) is 42.6 Å². The van der Waals surface area contributed by atoms with E-state index in [0.29, 0.717) is 13.0 Å². The number of aryl methyl sites for hydroxylation is 1. The number of H-pyrrole nitrogens is 1. The first-order chi connectivity index (χ1) is 11.7. The van der Waals surface area contributed by atoms with E-state index < -0.39 is 0 Å². The van der Waals surface area contributed by atoms with Crippen LogP contribution >= 0.6 is 0 Å². The molecule has 0 saturated carbocycles. The first kappa shape index (κ1) is 14.6. The number of aromatic amines is 1. The molecule has 5 heteroatoms. The lowest BCUT2D eigenvalue weighted by Crippen LogP contribution is -2.24. The normalized spacial score (nSPS) is 12.5. The second kappa shape index (κ2) is 5.92. The molecule has 24 heavy (non-hydrogen) atoms. The molecule has 1 aliphatic rings. The van der Waals surface area contributed by atoms with E-state index in [1.807, 2.05) is 24.4 Å². The van der Waals surface area contributed by atoms with E-state index in [2.05, 4.69) is 35.4 Å². The van der Waals surface area contributed by atoms with Crippen LogP contribution < -0.4 is 14.8 Å². The summed E-state index contributed by atoms with van der Waals surface area (Å²) >= 11 is 0. The van der Waals surface area contributed by atoms with Crippen LogP contribution in [0.3, 0.4) is 0 Å². The number of benzene rings is 2. The van der Waals surface area contributed by atoms with Crippen molar-refractivity contribution in [1.29, 1.82) is 0 Å². The molecule has 122 valence electrons. The molecule has 1 amide bonds. The Morgan fingerprint density at radius 1 is 1.17 bits per heavy atom. The summed E-state index contributed by atoms with van der Waals surface area (Å²) in [6, 6.07) is 11.9. The number of ether oxygens (including phenoxy) is 2. The number of nitrogens with one attached hydrogen (secondary N) is 2. The van der Waals surface area contributed by atoms with Crippen LogP contribution in [0.25, 0.3) is 10.9 Å². The molecule has 0 saturated heterocycles. The maximum Gasteiger partial charge on any atom is 0.231 e. The Labute approximate surface area is 139 Å². The molecule has 0 fully saturated rings. The second-order valence-corrected chi connectivity index (χ2v) is 6.00. The fourth-order valence-corrected chi connectivity index (χ4v) is 2.93. The standard InChI is InChI=1S/C19H18N2O3/c1-12-2-4-15-14(10-20-16(15)6-12)8-19(22)21-9-13-3-5-17-18(7-13)24-11-23-17/h2-7,10,20H,8-9,11H2,1H3,(H,21,22). The summed E-state index contributed by atoms with van der Waals surface area (Å²) in [7, 11) is 0. The van der Waals surface area contributed by atoms with Gasteiger partial charge in [0.1, 0.15) is 0 Å². The van der Waals surface area contributed by atoms with Crippen LogP contribution in [0, 0.1) is 6.92 Å². The monoisotopic (exact) mass is 322 g/mol. The first-order valence-electron chi connectivity index (χ1n) is 7.91. The predicted molar refractivity (Wildman–Crippen MR) is 91.2 cm³/mol. The topological polar surface area (TPSA) is 63.4 Å². The van der Waals surface area contributed by atoms with Gasteiger partial charge in [-0.05, 0) is 41.8 Å². The van der Waals surface area contributed by atoms with Crippen molar-refractivity contribution in [3.05, 3.63) is 59.3 Å². The summed E-state index contributed by atoms with van der Waals surface area (Å²) in [6.07, 6.45) is 2.26. The molecule has 0 bridgehead atoms. The Hall–Kier alpha value is -2.95. The predicted octanol–water partition coefficient (Wildman–Crippen LogP) is 3.06. The number of hydrogen-bond donors (Lipinski definition) is 2. The highest BCUT2D eigenvalue weighted by molar-refractivity contribution is 5.89. The number of hydrogen-bond acceptors (Lipinski definition) is 3. The van der Waals surface area contributed by atoms with Crippen LogP contribution in [0.5, 0.6) is 11.5 Å². The van der Waals surface area contributed by atoms with Gasteiger partial charge in [-0.25, -0.2) is 0 Å². The molecule has 4 rings (SSSR count). The minimum absolute atomic E-state index is 0.00542. The molecule has 5 nitrogen and oxygen atoms in total. The molecule has 2 aromatic carbocycles. The zero-order valence-electron chi connectivity index (χ0n) is 13.4. The van der Waals surface area contributed by atoms with Crippen molar-refractivity contribution >= 4 is 16.8 Å². The van der Waals surface area contributed by atoms with Gasteiger partial charge >= 0.3 is 0 Å². The smallest absolute Gasteiger partial charge is 0.231 e. The molecule has 0 aliphatic carbocycles. The minimum atomic E-state index is -0.00542. The highest BCUT2D eigenvalue weighted by Crippen LogP contribution is 2.32. The van der Waals surface area contributed by atoms with Crippen molar-refractivity contribution in [1.82, 2.24) is 10.3 Å². The van der Waals surface area contributed by atoms with Crippen LogP contribution in [0.4, 0.5) is 0 Å². The highest BCUT2D eigenvalue weighted by atomic mass is 16.7. The van der Waals surface area contributed by atoms with Crippen molar-refractivity contribution in [3.8, 4) is 11.5 Å². The van der Waals surface area contributed by atoms with Gasteiger partial charge in [0, 0.05) is 23.6 Å². The number of rotatable bonds is 4. The maximum atomic E-state index is 12.2. The van der Waals surface area contributed by atoms with E-state index in [-0.39, 0.29) is 12.7 Å². The van der Waals surface area contributed by atoms with Gasteiger partial charge in [0.2, 0.25) is 12.7 Å². The van der Waals surface area contributed by atoms with Gasteiger partial charge in [0.15, 0.2) is 11.5 Å². The van der Waals surface area contributed by atoms with E-state index >= 15 is 0 Å². The number of fused-ring (bicyclic) bond motifs is 2. The van der Waals surface area contributed by atoms with Crippen molar-refractivity contribution < 1.29 is 14.3 Å². The van der Waals surface area contributed by atoms with Crippen LogP contribution in [-0.2, 0) is 17.8 Å². The van der Waals surface area contributed by atoms with E-state index in [4.69, 9.17) is 9.47 Å². The summed E-state index contributed by atoms with van der Waals surface area (Å²) in [6.45, 7) is 2.78. The van der Waals surface area contributed by atoms with Gasteiger partial charge < -0.3 is 19.8 Å². The van der Waals surface area contributed by atoms with Gasteiger partial charge in [-0.15, -0.1) is 0 Å². The first-order valence-corrected chi connectivity index (χ1v) is 7.91. The van der Waals surface area contributed by atoms with Gasteiger partial charge in [-0.2, -0.15) is 0 Å². The quantitative estimate of drug-likeness (QED) is 0.776. The molecular weight excluding hydrogens is 304 g/mol. The lowest BCUT2D eigenvalue weighted by molar-refractivity contribution is -0.120. The average Bonchev–Trinajstić information content (AvgIpc) is 3.19. The van der Waals surface area contributed by atoms with Gasteiger partial charge in [0.25, 0.3) is 0 Å². The van der Waals surface area contributed by atoms with Crippen molar-refractivity contribution in [2.24, 2.45) is 0 Å². The number of aromatic nitrogens is 1. The molecule has 0 atom stereocenters. The van der Waals surface area contributed by atoms with Crippen molar-refractivity contribution in [2.75, 3.05) is 6.79 Å².